The van der Waals surface area contributed by atoms with Crippen molar-refractivity contribution < 1.29 is 50.0 Å². The Bertz CT molecular complexity index is 988. The maximum absolute atomic E-state index is 10.3. The van der Waals surface area contributed by atoms with Crippen LogP contribution in [0.2, 0.25) is 0 Å². The number of hydrogen-bond donors (Lipinski definition) is 7. The molecule has 0 spiro atoms. The van der Waals surface area contributed by atoms with Gasteiger partial charge in [-0.1, -0.05) is 0 Å². The maximum Gasteiger partial charge on any atom is 0.270 e. The van der Waals surface area contributed by atoms with E-state index >= 15 is 0 Å². The van der Waals surface area contributed by atoms with Crippen LogP contribution < -0.4 is 4.74 Å². The molecule has 2 aromatic carbocycles. The highest BCUT2D eigenvalue weighted by Crippen LogP contribution is 2.44. The number of rotatable bonds is 3. The van der Waals surface area contributed by atoms with E-state index in [1.54, 1.807) is 0 Å². The highest BCUT2D eigenvalue weighted by atomic mass is 16.7. The standard InChI is InChI=1S/C20H20O10/c21-11-2-1-8(3-13(11)23)19-14(24)6-10-12(22)4-9(5-16(10)30-19)29-20-18(27)17(26)15(25)7-28-20/h1-6,15,17-27H,7H2/p+1. The van der Waals surface area contributed by atoms with Crippen LogP contribution in [-0.2, 0) is 4.74 Å². The first-order valence-corrected chi connectivity index (χ1v) is 9.07. The zero-order valence-electron chi connectivity index (χ0n) is 15.5. The highest BCUT2D eigenvalue weighted by molar-refractivity contribution is 5.69. The lowest BCUT2D eigenvalue weighted by Gasteiger charge is -2.35. The van der Waals surface area contributed by atoms with E-state index < -0.39 is 30.7 Å². The number of aromatic hydroxyl groups is 4. The second kappa shape index (κ2) is 7.58. The van der Waals surface area contributed by atoms with Gasteiger partial charge in [-0.3, -0.25) is 0 Å². The van der Waals surface area contributed by atoms with Gasteiger partial charge in [-0.15, -0.1) is 0 Å². The summed E-state index contributed by atoms with van der Waals surface area (Å²) in [5.74, 6) is -0.790. The van der Waals surface area contributed by atoms with Gasteiger partial charge >= 0.3 is 0 Å². The number of aliphatic hydroxyl groups excluding tert-OH is 4. The molecule has 0 bridgehead atoms. The largest absolute Gasteiger partial charge is 0.571 e. The lowest BCUT2D eigenvalue weighted by atomic mass is 10.0. The van der Waals surface area contributed by atoms with Crippen LogP contribution in [0, 0.1) is 0 Å². The summed E-state index contributed by atoms with van der Waals surface area (Å²) in [7, 11) is 0. The van der Waals surface area contributed by atoms with Gasteiger partial charge in [0.15, 0.2) is 17.3 Å². The molecule has 8 N–H and O–H groups in total. The minimum Gasteiger partial charge on any atom is -0.571 e. The Hall–Kier alpha value is -3.18. The van der Waals surface area contributed by atoms with Crippen molar-refractivity contribution in [3.05, 3.63) is 47.2 Å². The fourth-order valence-corrected chi connectivity index (χ4v) is 3.33. The molecule has 1 saturated heterocycles. The molecule has 5 atom stereocenters. The van der Waals surface area contributed by atoms with Crippen molar-refractivity contribution >= 4 is 6.08 Å². The molecule has 0 radical (unpaired) electrons. The topological polar surface area (TPSA) is 173 Å². The number of phenols is 3. The third-order valence-electron chi connectivity index (χ3n) is 4.97. The number of ether oxygens (including phenoxy) is 3. The van der Waals surface area contributed by atoms with Crippen LogP contribution in [0.1, 0.15) is 17.2 Å². The summed E-state index contributed by atoms with van der Waals surface area (Å²) in [6, 6.07) is 6.69. The summed E-state index contributed by atoms with van der Waals surface area (Å²) in [4.78, 5) is 0. The fraction of sp³-hybridized carbons (Fsp3) is 0.300. The third kappa shape index (κ3) is 3.57. The first-order chi connectivity index (χ1) is 14.2. The van der Waals surface area contributed by atoms with Crippen molar-refractivity contribution in [2.75, 3.05) is 6.61 Å². The van der Waals surface area contributed by atoms with Gasteiger partial charge in [0.25, 0.3) is 11.9 Å². The summed E-state index contributed by atoms with van der Waals surface area (Å²) in [5.41, 5.74) is 0.637. The first-order valence-electron chi connectivity index (χ1n) is 9.07. The molecular weight excluding hydrogens is 400 g/mol. The minimum absolute atomic E-state index is 0.0738. The van der Waals surface area contributed by atoms with Crippen molar-refractivity contribution in [1.82, 2.24) is 0 Å². The Morgan fingerprint density at radius 1 is 0.900 bits per heavy atom. The van der Waals surface area contributed by atoms with Crippen molar-refractivity contribution in [2.45, 2.75) is 30.7 Å². The zero-order valence-corrected chi connectivity index (χ0v) is 15.5. The van der Waals surface area contributed by atoms with E-state index in [0.29, 0.717) is 5.56 Å². The van der Waals surface area contributed by atoms with Crippen LogP contribution >= 0.6 is 0 Å². The van der Waals surface area contributed by atoms with Crippen molar-refractivity contribution in [3.63, 3.8) is 0 Å². The summed E-state index contributed by atoms with van der Waals surface area (Å²) in [6.45, 7) is -0.243. The van der Waals surface area contributed by atoms with Crippen molar-refractivity contribution in [1.29, 1.82) is 0 Å². The molecule has 2 heterocycles. The summed E-state index contributed by atoms with van der Waals surface area (Å²) in [5, 5.41) is 69.2. The molecule has 0 saturated carbocycles. The molecule has 5 unspecified atom stereocenters. The van der Waals surface area contributed by atoms with E-state index in [9.17, 15) is 35.7 Å². The molecule has 2 aromatic rings. The molecule has 1 fully saturated rings. The number of phenolic OH excluding ortho intramolecular Hbond substituents is 3. The summed E-state index contributed by atoms with van der Waals surface area (Å²) < 4.78 is 15.1. The smallest absolute Gasteiger partial charge is 0.270 e. The van der Waals surface area contributed by atoms with Crippen molar-refractivity contribution in [2.24, 2.45) is 0 Å². The predicted molar refractivity (Wildman–Crippen MR) is 101 cm³/mol. The van der Waals surface area contributed by atoms with Gasteiger partial charge in [0, 0.05) is 12.1 Å². The monoisotopic (exact) mass is 421 g/mol. The fourth-order valence-electron chi connectivity index (χ4n) is 3.33. The molecule has 10 heteroatoms. The van der Waals surface area contributed by atoms with Crippen LogP contribution in [0.5, 0.6) is 28.7 Å². The molecule has 2 aliphatic heterocycles. The first kappa shape index (κ1) is 20.1. The van der Waals surface area contributed by atoms with Crippen LogP contribution in [-0.4, -0.2) is 71.7 Å². The molecule has 4 rings (SSSR count). The van der Waals surface area contributed by atoms with E-state index in [2.05, 4.69) is 4.74 Å². The molecule has 2 aliphatic rings. The predicted octanol–water partition coefficient (Wildman–Crippen LogP) is 0.516. The Labute approximate surface area is 170 Å². The highest BCUT2D eigenvalue weighted by Gasteiger charge is 2.39. The Morgan fingerprint density at radius 2 is 1.67 bits per heavy atom. The van der Waals surface area contributed by atoms with E-state index in [0.717, 1.165) is 0 Å². The number of fused-ring (bicyclic) bond motifs is 1. The quantitative estimate of drug-likeness (QED) is 0.275. The SMILES string of the molecule is OC1=Cc2c(O)cc(OC3OCC(O)C(O)C3O)cc2[OH+]C1c1ccc(O)c(O)c1. The summed E-state index contributed by atoms with van der Waals surface area (Å²) in [6.07, 6.45) is -5.07. The lowest BCUT2D eigenvalue weighted by molar-refractivity contribution is -0.242. The Balaban J connectivity index is 1.61. The zero-order chi connectivity index (χ0) is 21.6. The molecular formula is C20H21O10+. The van der Waals surface area contributed by atoms with Crippen LogP contribution in [0.15, 0.2) is 36.1 Å². The average molecular weight is 421 g/mol. The van der Waals surface area contributed by atoms with Crippen LogP contribution in [0.4, 0.5) is 0 Å². The molecule has 30 heavy (non-hydrogen) atoms. The number of hydrogen-bond acceptors (Lipinski definition) is 9. The minimum atomic E-state index is -1.51. The van der Waals surface area contributed by atoms with Gasteiger partial charge in [-0.05, 0) is 18.2 Å². The number of benzene rings is 2. The van der Waals surface area contributed by atoms with Gasteiger partial charge < -0.3 is 50.0 Å². The van der Waals surface area contributed by atoms with E-state index in [4.69, 9.17) is 9.47 Å². The van der Waals surface area contributed by atoms with E-state index in [1.807, 2.05) is 0 Å². The lowest BCUT2D eigenvalue weighted by Crippen LogP contribution is -2.54. The molecule has 0 amide bonds. The van der Waals surface area contributed by atoms with E-state index in [-0.39, 0.29) is 46.7 Å². The van der Waals surface area contributed by atoms with Crippen molar-refractivity contribution in [3.8, 4) is 28.7 Å². The van der Waals surface area contributed by atoms with Gasteiger partial charge in [0.2, 0.25) is 6.29 Å². The maximum atomic E-state index is 10.3. The molecule has 0 aromatic heterocycles. The number of aliphatic hydroxyl groups is 5. The second-order valence-corrected chi connectivity index (χ2v) is 7.09. The van der Waals surface area contributed by atoms with Crippen LogP contribution in [0.25, 0.3) is 6.08 Å². The van der Waals surface area contributed by atoms with Gasteiger partial charge in [0.05, 0.1) is 18.2 Å². The Morgan fingerprint density at radius 3 is 2.40 bits per heavy atom. The Kier molecular flexibility index (Phi) is 5.08. The second-order valence-electron chi connectivity index (χ2n) is 7.09. The molecule has 0 aliphatic carbocycles. The van der Waals surface area contributed by atoms with Gasteiger partial charge in [-0.25, -0.2) is 0 Å². The summed E-state index contributed by atoms with van der Waals surface area (Å²) >= 11 is 0. The normalized spacial score (nSPS) is 28.2. The third-order valence-corrected chi connectivity index (χ3v) is 4.97. The molecule has 10 nitrogen and oxygen atoms in total. The van der Waals surface area contributed by atoms with E-state index in [1.165, 1.54) is 36.4 Å². The van der Waals surface area contributed by atoms with Gasteiger partial charge in [-0.2, -0.15) is 0 Å². The van der Waals surface area contributed by atoms with Gasteiger partial charge in [0.1, 0.15) is 35.4 Å². The van der Waals surface area contributed by atoms with Crippen LogP contribution in [0.3, 0.4) is 0 Å². The average Bonchev–Trinajstić information content (AvgIpc) is 2.71. The molecule has 160 valence electrons.